The summed E-state index contributed by atoms with van der Waals surface area (Å²) in [6.45, 7) is 1.14. The Hall–Kier alpha value is -2.25. The van der Waals surface area contributed by atoms with Crippen LogP contribution in [0.2, 0.25) is 0 Å². The number of nitrogens with two attached hydrogens (primary N) is 1. The molecule has 1 heterocycles. The van der Waals surface area contributed by atoms with Gasteiger partial charge in [-0.15, -0.1) is 0 Å². The van der Waals surface area contributed by atoms with Crippen molar-refractivity contribution < 1.29 is 27.9 Å². The fourth-order valence-corrected chi connectivity index (χ4v) is 2.80. The van der Waals surface area contributed by atoms with Crippen molar-refractivity contribution in [1.82, 2.24) is 4.90 Å². The number of halogens is 3. The number of piperidine rings is 1. The van der Waals surface area contributed by atoms with Gasteiger partial charge in [-0.25, -0.2) is 4.79 Å². The molecule has 1 aliphatic heterocycles. The molecule has 2 rings (SSSR count). The first-order valence-electron chi connectivity index (χ1n) is 7.99. The van der Waals surface area contributed by atoms with E-state index >= 15 is 0 Å². The van der Waals surface area contributed by atoms with E-state index in [2.05, 4.69) is 18.7 Å². The Labute approximate surface area is 160 Å². The first-order chi connectivity index (χ1) is 12.6. The van der Waals surface area contributed by atoms with Crippen LogP contribution in [0.5, 0.6) is 0 Å². The second-order valence-electron chi connectivity index (χ2n) is 5.98. The van der Waals surface area contributed by atoms with E-state index < -0.39 is 23.6 Å². The minimum atomic E-state index is -5.08. The average Bonchev–Trinajstić information content (AvgIpc) is 2.67. The summed E-state index contributed by atoms with van der Waals surface area (Å²) < 4.78 is 31.7. The van der Waals surface area contributed by atoms with Gasteiger partial charge in [0, 0.05) is 18.8 Å². The highest BCUT2D eigenvalue weighted by Gasteiger charge is 2.39. The van der Waals surface area contributed by atoms with Gasteiger partial charge in [0.15, 0.2) is 0 Å². The lowest BCUT2D eigenvalue weighted by atomic mass is 9.74. The van der Waals surface area contributed by atoms with E-state index in [-0.39, 0.29) is 5.91 Å². The highest BCUT2D eigenvalue weighted by Crippen LogP contribution is 2.34. The third-order valence-electron chi connectivity index (χ3n) is 4.23. The molecule has 6 nitrogen and oxygen atoms in total. The summed E-state index contributed by atoms with van der Waals surface area (Å²) in [5, 5.41) is 16.7. The average molecular weight is 403 g/mol. The Balaban J connectivity index is 0.000000445. The number of benzene rings is 1. The number of nitrogens with zero attached hydrogens (tertiary/aromatic N) is 2. The van der Waals surface area contributed by atoms with Gasteiger partial charge in [0.2, 0.25) is 5.91 Å². The number of nitriles is 1. The third kappa shape index (κ3) is 6.15. The predicted molar refractivity (Wildman–Crippen MR) is 95.1 cm³/mol. The topological polar surface area (TPSA) is 107 Å². The van der Waals surface area contributed by atoms with Crippen LogP contribution >= 0.6 is 12.6 Å². The summed E-state index contributed by atoms with van der Waals surface area (Å²) in [4.78, 5) is 22.7. The summed E-state index contributed by atoms with van der Waals surface area (Å²) in [5.41, 5.74) is 6.28. The second kappa shape index (κ2) is 9.62. The highest BCUT2D eigenvalue weighted by molar-refractivity contribution is 7.80. The van der Waals surface area contributed by atoms with Crippen molar-refractivity contribution in [3.8, 4) is 6.07 Å². The Morgan fingerprint density at radius 2 is 1.78 bits per heavy atom. The van der Waals surface area contributed by atoms with Gasteiger partial charge in [0.05, 0.1) is 17.5 Å². The number of thiol groups is 1. The molecule has 1 aromatic rings. The molecule has 1 fully saturated rings. The summed E-state index contributed by atoms with van der Waals surface area (Å²) >= 11 is 4.06. The van der Waals surface area contributed by atoms with Crippen molar-refractivity contribution in [2.24, 2.45) is 5.73 Å². The van der Waals surface area contributed by atoms with E-state index in [1.54, 1.807) is 4.90 Å². The van der Waals surface area contributed by atoms with Crippen LogP contribution in [-0.4, -0.2) is 52.9 Å². The molecule has 1 amide bonds. The summed E-state index contributed by atoms with van der Waals surface area (Å²) in [6, 6.07) is 11.7. The number of rotatable bonds is 3. The number of amides is 1. The molecule has 1 atom stereocenters. The zero-order valence-electron chi connectivity index (χ0n) is 14.3. The number of alkyl halides is 3. The highest BCUT2D eigenvalue weighted by atomic mass is 32.1. The number of hydrogen-bond donors (Lipinski definition) is 3. The standard InChI is InChI=1S/C15H19N3OS.C2HF3O2/c16-11-15(12-4-2-1-3-5-12)6-8-18(9-7-15)14(19)13(17)10-20;3-2(4,5)1(6)7/h1-5,13,20H,6-10,17H2;(H,6,7)/t13-;/m0./s1. The molecule has 148 valence electrons. The van der Waals surface area contributed by atoms with Crippen molar-refractivity contribution in [2.45, 2.75) is 30.5 Å². The Morgan fingerprint density at radius 1 is 1.30 bits per heavy atom. The summed E-state index contributed by atoms with van der Waals surface area (Å²) in [6.07, 6.45) is -3.78. The lowest BCUT2D eigenvalue weighted by molar-refractivity contribution is -0.192. The van der Waals surface area contributed by atoms with Crippen LogP contribution < -0.4 is 5.73 Å². The normalized spacial score (nSPS) is 17.1. The Morgan fingerprint density at radius 3 is 2.15 bits per heavy atom. The minimum absolute atomic E-state index is 0.0698. The van der Waals surface area contributed by atoms with Crippen molar-refractivity contribution in [3.05, 3.63) is 35.9 Å². The second-order valence-corrected chi connectivity index (χ2v) is 6.34. The number of carboxylic acids is 1. The van der Waals surface area contributed by atoms with Gasteiger partial charge >= 0.3 is 12.1 Å². The van der Waals surface area contributed by atoms with Crippen LogP contribution in [0.4, 0.5) is 13.2 Å². The number of hydrogen-bond acceptors (Lipinski definition) is 5. The van der Waals surface area contributed by atoms with Crippen molar-refractivity contribution >= 4 is 24.5 Å². The Kier molecular flexibility index (Phi) is 8.12. The van der Waals surface area contributed by atoms with E-state index in [1.165, 1.54) is 0 Å². The smallest absolute Gasteiger partial charge is 0.475 e. The molecule has 0 aromatic heterocycles. The van der Waals surface area contributed by atoms with E-state index in [9.17, 15) is 23.2 Å². The van der Waals surface area contributed by atoms with E-state index in [4.69, 9.17) is 15.6 Å². The molecule has 0 bridgehead atoms. The van der Waals surface area contributed by atoms with Crippen molar-refractivity contribution in [1.29, 1.82) is 5.26 Å². The number of carboxylic acid groups (broad SMARTS) is 1. The number of likely N-dealkylation sites (tertiary alicyclic amines) is 1. The molecule has 0 saturated carbocycles. The van der Waals surface area contributed by atoms with Crippen LogP contribution in [0.3, 0.4) is 0 Å². The van der Waals surface area contributed by atoms with E-state index in [0.717, 1.165) is 5.56 Å². The number of aliphatic carboxylic acids is 1. The Bertz CT molecular complexity index is 684. The number of carbonyl (C=O) groups is 2. The molecular weight excluding hydrogens is 383 g/mol. The van der Waals surface area contributed by atoms with E-state index in [0.29, 0.717) is 31.7 Å². The minimum Gasteiger partial charge on any atom is -0.475 e. The monoisotopic (exact) mass is 403 g/mol. The first-order valence-corrected chi connectivity index (χ1v) is 8.63. The van der Waals surface area contributed by atoms with E-state index in [1.807, 2.05) is 30.3 Å². The maximum atomic E-state index is 12.0. The van der Waals surface area contributed by atoms with Crippen molar-refractivity contribution in [2.75, 3.05) is 18.8 Å². The van der Waals surface area contributed by atoms with Gasteiger partial charge in [0.25, 0.3) is 0 Å². The van der Waals surface area contributed by atoms with Gasteiger partial charge in [-0.2, -0.15) is 31.1 Å². The zero-order chi connectivity index (χ0) is 20.7. The first kappa shape index (κ1) is 22.8. The molecule has 3 N–H and O–H groups in total. The molecule has 27 heavy (non-hydrogen) atoms. The van der Waals surface area contributed by atoms with Crippen LogP contribution in [0.15, 0.2) is 30.3 Å². The quantitative estimate of drug-likeness (QED) is 0.669. The predicted octanol–water partition coefficient (Wildman–Crippen LogP) is 1.96. The summed E-state index contributed by atoms with van der Waals surface area (Å²) in [7, 11) is 0. The fourth-order valence-electron chi connectivity index (χ4n) is 2.64. The van der Waals surface area contributed by atoms with Crippen LogP contribution in [0.25, 0.3) is 0 Å². The van der Waals surface area contributed by atoms with Crippen LogP contribution in [-0.2, 0) is 15.0 Å². The van der Waals surface area contributed by atoms with Gasteiger partial charge in [0.1, 0.15) is 0 Å². The molecule has 10 heteroatoms. The molecule has 1 aliphatic rings. The maximum Gasteiger partial charge on any atom is 0.490 e. The fraction of sp³-hybridized carbons (Fsp3) is 0.471. The van der Waals surface area contributed by atoms with Crippen molar-refractivity contribution in [3.63, 3.8) is 0 Å². The molecule has 0 aliphatic carbocycles. The maximum absolute atomic E-state index is 12.0. The SMILES string of the molecule is N#CC1(c2ccccc2)CCN(C(=O)[C@@H](N)CS)CC1.O=C(O)C(F)(F)F. The molecule has 0 spiro atoms. The largest absolute Gasteiger partial charge is 0.490 e. The third-order valence-corrected chi connectivity index (χ3v) is 4.62. The molecule has 0 unspecified atom stereocenters. The lowest BCUT2D eigenvalue weighted by Gasteiger charge is -2.38. The lowest BCUT2D eigenvalue weighted by Crippen LogP contribution is -2.50. The molecule has 1 saturated heterocycles. The number of carbonyl (C=O) groups excluding carboxylic acids is 1. The van der Waals surface area contributed by atoms with Gasteiger partial charge in [-0.3, -0.25) is 4.79 Å². The summed E-state index contributed by atoms with van der Waals surface area (Å²) in [5.74, 6) is -2.48. The molecule has 0 radical (unpaired) electrons. The zero-order valence-corrected chi connectivity index (χ0v) is 15.2. The van der Waals surface area contributed by atoms with Gasteiger partial charge in [-0.1, -0.05) is 30.3 Å². The molecule has 1 aromatic carbocycles. The van der Waals surface area contributed by atoms with Crippen LogP contribution in [0.1, 0.15) is 18.4 Å². The van der Waals surface area contributed by atoms with Gasteiger partial charge in [-0.05, 0) is 18.4 Å². The molecular formula is C17H20F3N3O3S. The van der Waals surface area contributed by atoms with Gasteiger partial charge < -0.3 is 15.7 Å². The van der Waals surface area contributed by atoms with Crippen LogP contribution in [0, 0.1) is 11.3 Å².